The summed E-state index contributed by atoms with van der Waals surface area (Å²) < 4.78 is 14.5. The average Bonchev–Trinajstić information content (AvgIpc) is 2.29. The topological polar surface area (TPSA) is 49.6 Å². The van der Waals surface area contributed by atoms with Gasteiger partial charge in [-0.05, 0) is 12.1 Å². The van der Waals surface area contributed by atoms with Crippen molar-refractivity contribution in [3.8, 4) is 17.3 Å². The molecule has 78 valence electrons. The lowest BCUT2D eigenvalue weighted by Gasteiger charge is -2.02. The summed E-state index contributed by atoms with van der Waals surface area (Å²) in [7, 11) is 0. The Morgan fingerprint density at radius 3 is 2.81 bits per heavy atom. The Morgan fingerprint density at radius 1 is 1.31 bits per heavy atom. The molecule has 2 rings (SSSR count). The molecule has 0 aliphatic carbocycles. The first-order chi connectivity index (χ1) is 7.72. The second kappa shape index (κ2) is 4.37. The summed E-state index contributed by atoms with van der Waals surface area (Å²) in [5.74, 6) is -0.692. The molecule has 0 atom stereocenters. The Morgan fingerprint density at radius 2 is 2.12 bits per heavy atom. The van der Waals surface area contributed by atoms with E-state index in [1.165, 1.54) is 6.33 Å². The van der Waals surface area contributed by atoms with E-state index in [-0.39, 0.29) is 11.4 Å². The second-order valence-electron chi connectivity index (χ2n) is 3.01. The third-order valence-corrected chi connectivity index (χ3v) is 2.49. The van der Waals surface area contributed by atoms with Gasteiger partial charge in [0.2, 0.25) is 0 Å². The van der Waals surface area contributed by atoms with Crippen molar-refractivity contribution in [3.63, 3.8) is 0 Å². The highest BCUT2D eigenvalue weighted by Crippen LogP contribution is 2.23. The number of hydrogen-bond donors (Lipinski definition) is 0. The normalized spacial score (nSPS) is 9.81. The monoisotopic (exact) mass is 277 g/mol. The Labute approximate surface area is 99.7 Å². The predicted molar refractivity (Wildman–Crippen MR) is 59.8 cm³/mol. The summed E-state index contributed by atoms with van der Waals surface area (Å²) in [6, 6.07) is 8.73. The predicted octanol–water partition coefficient (Wildman–Crippen LogP) is 2.92. The van der Waals surface area contributed by atoms with Gasteiger partial charge < -0.3 is 0 Å². The van der Waals surface area contributed by atoms with Gasteiger partial charge in [-0.25, -0.2) is 14.4 Å². The van der Waals surface area contributed by atoms with Crippen LogP contribution in [0.25, 0.3) is 11.3 Å². The van der Waals surface area contributed by atoms with Crippen LogP contribution in [0, 0.1) is 17.1 Å². The number of benzene rings is 1. The molecule has 0 saturated carbocycles. The molecule has 0 amide bonds. The lowest BCUT2D eigenvalue weighted by atomic mass is 10.1. The first-order valence-corrected chi connectivity index (χ1v) is 5.18. The van der Waals surface area contributed by atoms with Crippen molar-refractivity contribution < 1.29 is 4.39 Å². The van der Waals surface area contributed by atoms with Crippen LogP contribution < -0.4 is 0 Å². The van der Waals surface area contributed by atoms with Gasteiger partial charge in [0.25, 0.3) is 0 Å². The Hall–Kier alpha value is -1.80. The molecule has 0 aliphatic rings. The van der Waals surface area contributed by atoms with Crippen molar-refractivity contribution in [1.82, 2.24) is 9.97 Å². The van der Waals surface area contributed by atoms with E-state index >= 15 is 0 Å². The molecule has 0 bridgehead atoms. The van der Waals surface area contributed by atoms with Gasteiger partial charge in [-0.2, -0.15) is 5.26 Å². The van der Waals surface area contributed by atoms with Crippen LogP contribution in [0.4, 0.5) is 4.39 Å². The summed E-state index contributed by atoms with van der Waals surface area (Å²) in [5.41, 5.74) is 0.489. The van der Waals surface area contributed by atoms with Crippen LogP contribution in [0.1, 0.15) is 5.69 Å². The molecule has 0 radical (unpaired) electrons. The molecule has 16 heavy (non-hydrogen) atoms. The average molecular weight is 278 g/mol. The number of aromatic nitrogens is 2. The number of hydrogen-bond acceptors (Lipinski definition) is 3. The van der Waals surface area contributed by atoms with Crippen molar-refractivity contribution >= 4 is 15.9 Å². The highest BCUT2D eigenvalue weighted by atomic mass is 79.9. The highest BCUT2D eigenvalue weighted by molar-refractivity contribution is 9.10. The fourth-order valence-corrected chi connectivity index (χ4v) is 1.68. The first kappa shape index (κ1) is 10.7. The lowest BCUT2D eigenvalue weighted by molar-refractivity contribution is 0.613. The van der Waals surface area contributed by atoms with Crippen LogP contribution in [-0.2, 0) is 0 Å². The SMILES string of the molecule is N#Cc1ncnc(-c2cccc(Br)c2)c1F. The van der Waals surface area contributed by atoms with Crippen molar-refractivity contribution in [3.05, 3.63) is 46.6 Å². The Kier molecular flexibility index (Phi) is 2.93. The van der Waals surface area contributed by atoms with Gasteiger partial charge in [0, 0.05) is 10.0 Å². The zero-order valence-electron chi connectivity index (χ0n) is 7.98. The minimum atomic E-state index is -0.692. The minimum Gasteiger partial charge on any atom is -0.233 e. The first-order valence-electron chi connectivity index (χ1n) is 4.39. The lowest BCUT2D eigenvalue weighted by Crippen LogP contribution is -1.96. The summed E-state index contributed by atoms with van der Waals surface area (Å²) in [6.07, 6.45) is 1.18. The van der Waals surface area contributed by atoms with E-state index in [2.05, 4.69) is 25.9 Å². The molecule has 0 spiro atoms. The molecular formula is C11H5BrFN3. The standard InChI is InChI=1S/C11H5BrFN3/c12-8-3-1-2-7(4-8)11-10(13)9(5-14)15-6-16-11/h1-4,6H. The molecule has 5 heteroatoms. The maximum atomic E-state index is 13.7. The quantitative estimate of drug-likeness (QED) is 0.805. The number of halogens is 2. The van der Waals surface area contributed by atoms with Crippen LogP contribution in [-0.4, -0.2) is 9.97 Å². The van der Waals surface area contributed by atoms with Gasteiger partial charge >= 0.3 is 0 Å². The van der Waals surface area contributed by atoms with Crippen molar-refractivity contribution in [2.45, 2.75) is 0 Å². The molecule has 1 aromatic carbocycles. The van der Waals surface area contributed by atoms with E-state index < -0.39 is 5.82 Å². The molecule has 0 saturated heterocycles. The summed E-state index contributed by atoms with van der Waals surface area (Å²) >= 11 is 3.29. The molecule has 2 aromatic rings. The Bertz CT molecular complexity index is 578. The summed E-state index contributed by atoms with van der Waals surface area (Å²) in [6.45, 7) is 0. The van der Waals surface area contributed by atoms with Crippen molar-refractivity contribution in [2.75, 3.05) is 0 Å². The van der Waals surface area contributed by atoms with E-state index in [0.717, 1.165) is 4.47 Å². The van der Waals surface area contributed by atoms with Crippen molar-refractivity contribution in [2.24, 2.45) is 0 Å². The maximum absolute atomic E-state index is 13.7. The fourth-order valence-electron chi connectivity index (χ4n) is 1.28. The maximum Gasteiger partial charge on any atom is 0.185 e. The van der Waals surface area contributed by atoms with Crippen molar-refractivity contribution in [1.29, 1.82) is 5.26 Å². The van der Waals surface area contributed by atoms with E-state index in [1.54, 1.807) is 24.3 Å². The summed E-state index contributed by atoms with van der Waals surface area (Å²) in [4.78, 5) is 7.39. The second-order valence-corrected chi connectivity index (χ2v) is 3.92. The third-order valence-electron chi connectivity index (χ3n) is 1.99. The molecule has 1 heterocycles. The van der Waals surface area contributed by atoms with Crippen LogP contribution in [0.5, 0.6) is 0 Å². The van der Waals surface area contributed by atoms with Gasteiger partial charge in [0.05, 0.1) is 0 Å². The number of nitriles is 1. The van der Waals surface area contributed by atoms with Crippen LogP contribution in [0.2, 0.25) is 0 Å². The van der Waals surface area contributed by atoms with Gasteiger partial charge in [0.15, 0.2) is 11.5 Å². The van der Waals surface area contributed by atoms with Gasteiger partial charge in [-0.1, -0.05) is 28.1 Å². The highest BCUT2D eigenvalue weighted by Gasteiger charge is 2.12. The molecule has 1 aromatic heterocycles. The minimum absolute atomic E-state index is 0.132. The van der Waals surface area contributed by atoms with E-state index in [9.17, 15) is 4.39 Å². The molecule has 0 fully saturated rings. The largest absolute Gasteiger partial charge is 0.233 e. The van der Waals surface area contributed by atoms with Crippen LogP contribution in [0.15, 0.2) is 35.1 Å². The smallest absolute Gasteiger partial charge is 0.185 e. The molecule has 0 N–H and O–H groups in total. The Balaban J connectivity index is 2.62. The third kappa shape index (κ3) is 1.92. The van der Waals surface area contributed by atoms with E-state index in [0.29, 0.717) is 5.56 Å². The van der Waals surface area contributed by atoms with Crippen LogP contribution in [0.3, 0.4) is 0 Å². The molecule has 0 aliphatic heterocycles. The fraction of sp³-hybridized carbons (Fsp3) is 0. The van der Waals surface area contributed by atoms with E-state index in [1.807, 2.05) is 6.07 Å². The number of rotatable bonds is 1. The van der Waals surface area contributed by atoms with E-state index in [4.69, 9.17) is 5.26 Å². The molecule has 0 unspecified atom stereocenters. The van der Waals surface area contributed by atoms with Gasteiger partial charge in [0.1, 0.15) is 18.1 Å². The molecule has 3 nitrogen and oxygen atoms in total. The number of nitrogens with zero attached hydrogens (tertiary/aromatic N) is 3. The zero-order valence-corrected chi connectivity index (χ0v) is 9.57. The van der Waals surface area contributed by atoms with Gasteiger partial charge in [-0.3, -0.25) is 0 Å². The summed E-state index contributed by atoms with van der Waals surface area (Å²) in [5, 5.41) is 8.65. The van der Waals surface area contributed by atoms with Crippen LogP contribution >= 0.6 is 15.9 Å². The zero-order chi connectivity index (χ0) is 11.5. The van der Waals surface area contributed by atoms with Gasteiger partial charge in [-0.15, -0.1) is 0 Å². The molecular weight excluding hydrogens is 273 g/mol.